The smallest absolute Gasteiger partial charge is 0.325 e. The largest absolute Gasteiger partial charge is 0.480 e. The quantitative estimate of drug-likeness (QED) is 0.795. The topological polar surface area (TPSA) is 86.7 Å². The molecule has 0 aliphatic rings. The second kappa shape index (κ2) is 8.04. The molecule has 0 saturated carbocycles. The van der Waals surface area contributed by atoms with Gasteiger partial charge in [-0.05, 0) is 25.5 Å². The highest BCUT2D eigenvalue weighted by Gasteiger charge is 2.15. The van der Waals surface area contributed by atoms with Crippen molar-refractivity contribution in [2.24, 2.45) is 0 Å². The lowest BCUT2D eigenvalue weighted by Crippen LogP contribution is -2.38. The Labute approximate surface area is 123 Å². The maximum Gasteiger partial charge on any atom is 0.325 e. The van der Waals surface area contributed by atoms with Gasteiger partial charge in [0.1, 0.15) is 6.04 Å². The summed E-state index contributed by atoms with van der Waals surface area (Å²) in [5, 5.41) is 11.0. The van der Waals surface area contributed by atoms with Crippen LogP contribution in [0.25, 0.3) is 0 Å². The van der Waals surface area contributed by atoms with Gasteiger partial charge < -0.3 is 15.3 Å². The van der Waals surface area contributed by atoms with Gasteiger partial charge in [-0.25, -0.2) is 0 Å². The van der Waals surface area contributed by atoms with Gasteiger partial charge in [0.15, 0.2) is 0 Å². The molecular weight excluding hydrogens is 272 g/mol. The number of para-hydroxylation sites is 1. The van der Waals surface area contributed by atoms with Crippen molar-refractivity contribution in [3.8, 4) is 0 Å². The third-order valence-corrected chi connectivity index (χ3v) is 3.06. The molecule has 0 radical (unpaired) electrons. The van der Waals surface area contributed by atoms with Crippen LogP contribution in [0, 0.1) is 0 Å². The highest BCUT2D eigenvalue weighted by atomic mass is 16.4. The Bertz CT molecular complexity index is 502. The molecule has 2 N–H and O–H groups in total. The van der Waals surface area contributed by atoms with E-state index in [0.29, 0.717) is 6.42 Å². The summed E-state index contributed by atoms with van der Waals surface area (Å²) < 4.78 is 0. The Balaban J connectivity index is 2.34. The van der Waals surface area contributed by atoms with E-state index in [-0.39, 0.29) is 24.7 Å². The van der Waals surface area contributed by atoms with Crippen molar-refractivity contribution < 1.29 is 19.5 Å². The molecule has 0 saturated heterocycles. The molecule has 1 aromatic carbocycles. The van der Waals surface area contributed by atoms with Gasteiger partial charge in [0, 0.05) is 25.6 Å². The number of carboxylic acid groups (broad SMARTS) is 1. The molecule has 0 heterocycles. The van der Waals surface area contributed by atoms with Crippen LogP contribution in [0.1, 0.15) is 26.2 Å². The average molecular weight is 292 g/mol. The molecule has 6 nitrogen and oxygen atoms in total. The van der Waals surface area contributed by atoms with E-state index in [1.807, 2.05) is 30.3 Å². The zero-order valence-electron chi connectivity index (χ0n) is 12.2. The minimum absolute atomic E-state index is 0.0831. The van der Waals surface area contributed by atoms with Crippen molar-refractivity contribution in [1.29, 1.82) is 0 Å². The molecule has 0 bridgehead atoms. The lowest BCUT2D eigenvalue weighted by Gasteiger charge is -2.17. The number of anilines is 1. The Hall–Kier alpha value is -2.37. The number of hydrogen-bond acceptors (Lipinski definition) is 3. The van der Waals surface area contributed by atoms with Crippen molar-refractivity contribution in [3.05, 3.63) is 30.3 Å². The van der Waals surface area contributed by atoms with Crippen molar-refractivity contribution in [2.45, 2.75) is 32.2 Å². The summed E-state index contributed by atoms with van der Waals surface area (Å²) in [5.41, 5.74) is 0.798. The zero-order chi connectivity index (χ0) is 15.8. The Morgan fingerprint density at radius 3 is 2.38 bits per heavy atom. The molecule has 0 spiro atoms. The number of benzene rings is 1. The number of carbonyl (C=O) groups is 3. The zero-order valence-corrected chi connectivity index (χ0v) is 12.2. The summed E-state index contributed by atoms with van der Waals surface area (Å²) in [4.78, 5) is 35.6. The standard InChI is InChI=1S/C15H20N2O4/c1-11(15(20)21)16-13(18)9-6-10-14(19)17(2)12-7-4-3-5-8-12/h3-5,7-8,11H,6,9-10H2,1-2H3,(H,16,18)(H,20,21). The molecule has 114 valence electrons. The van der Waals surface area contributed by atoms with Gasteiger partial charge in [-0.3, -0.25) is 14.4 Å². The van der Waals surface area contributed by atoms with Crippen LogP contribution in [-0.2, 0) is 14.4 Å². The van der Waals surface area contributed by atoms with Gasteiger partial charge in [0.05, 0.1) is 0 Å². The molecule has 2 amide bonds. The molecular formula is C15H20N2O4. The van der Waals surface area contributed by atoms with Crippen molar-refractivity contribution >= 4 is 23.5 Å². The van der Waals surface area contributed by atoms with E-state index < -0.39 is 12.0 Å². The van der Waals surface area contributed by atoms with Crippen LogP contribution in [0.5, 0.6) is 0 Å². The predicted octanol–water partition coefficient (Wildman–Crippen LogP) is 1.41. The van der Waals surface area contributed by atoms with E-state index >= 15 is 0 Å². The minimum atomic E-state index is -1.08. The monoisotopic (exact) mass is 292 g/mol. The highest BCUT2D eigenvalue weighted by Crippen LogP contribution is 2.13. The van der Waals surface area contributed by atoms with E-state index in [9.17, 15) is 14.4 Å². The molecule has 1 atom stereocenters. The van der Waals surface area contributed by atoms with Gasteiger partial charge in [-0.1, -0.05) is 18.2 Å². The predicted molar refractivity (Wildman–Crippen MR) is 78.9 cm³/mol. The van der Waals surface area contributed by atoms with E-state index in [2.05, 4.69) is 5.32 Å². The van der Waals surface area contributed by atoms with Gasteiger partial charge in [0.2, 0.25) is 11.8 Å². The molecule has 1 unspecified atom stereocenters. The van der Waals surface area contributed by atoms with E-state index in [0.717, 1.165) is 5.69 Å². The first kappa shape index (κ1) is 16.7. The molecule has 21 heavy (non-hydrogen) atoms. The molecule has 1 aromatic rings. The Kier molecular flexibility index (Phi) is 6.39. The number of amides is 2. The van der Waals surface area contributed by atoms with E-state index in [1.54, 1.807) is 7.05 Å². The van der Waals surface area contributed by atoms with Gasteiger partial charge >= 0.3 is 5.97 Å². The Morgan fingerprint density at radius 2 is 1.81 bits per heavy atom. The van der Waals surface area contributed by atoms with E-state index in [1.165, 1.54) is 11.8 Å². The minimum Gasteiger partial charge on any atom is -0.480 e. The fourth-order valence-corrected chi connectivity index (χ4v) is 1.74. The van der Waals surface area contributed by atoms with E-state index in [4.69, 9.17) is 5.11 Å². The maximum atomic E-state index is 12.0. The number of nitrogens with one attached hydrogen (secondary N) is 1. The van der Waals surface area contributed by atoms with Crippen molar-refractivity contribution in [3.63, 3.8) is 0 Å². The summed E-state index contributed by atoms with van der Waals surface area (Å²) in [6.45, 7) is 1.40. The van der Waals surface area contributed by atoms with Crippen LogP contribution in [-0.4, -0.2) is 36.0 Å². The third-order valence-electron chi connectivity index (χ3n) is 3.06. The number of hydrogen-bond donors (Lipinski definition) is 2. The summed E-state index contributed by atoms with van der Waals surface area (Å²) >= 11 is 0. The van der Waals surface area contributed by atoms with Crippen LogP contribution >= 0.6 is 0 Å². The summed E-state index contributed by atoms with van der Waals surface area (Å²) in [6.07, 6.45) is 0.750. The highest BCUT2D eigenvalue weighted by molar-refractivity contribution is 5.93. The molecule has 0 aliphatic carbocycles. The van der Waals surface area contributed by atoms with Crippen LogP contribution in [0.4, 0.5) is 5.69 Å². The fraction of sp³-hybridized carbons (Fsp3) is 0.400. The fourth-order valence-electron chi connectivity index (χ4n) is 1.74. The second-order valence-electron chi connectivity index (χ2n) is 4.77. The number of aliphatic carboxylic acids is 1. The normalized spacial score (nSPS) is 11.5. The van der Waals surface area contributed by atoms with Gasteiger partial charge in [-0.2, -0.15) is 0 Å². The Morgan fingerprint density at radius 1 is 1.19 bits per heavy atom. The van der Waals surface area contributed by atoms with Gasteiger partial charge in [0.25, 0.3) is 0 Å². The maximum absolute atomic E-state index is 12.0. The van der Waals surface area contributed by atoms with Crippen molar-refractivity contribution in [2.75, 3.05) is 11.9 Å². The lowest BCUT2D eigenvalue weighted by atomic mass is 10.2. The summed E-state index contributed by atoms with van der Waals surface area (Å²) in [7, 11) is 1.68. The molecule has 0 aromatic heterocycles. The van der Waals surface area contributed by atoms with Crippen LogP contribution in [0.2, 0.25) is 0 Å². The van der Waals surface area contributed by atoms with Crippen molar-refractivity contribution in [1.82, 2.24) is 5.32 Å². The van der Waals surface area contributed by atoms with Gasteiger partial charge in [-0.15, -0.1) is 0 Å². The number of carboxylic acids is 1. The SMILES string of the molecule is CC(NC(=O)CCCC(=O)N(C)c1ccccc1)C(=O)O. The first-order valence-electron chi connectivity index (χ1n) is 6.75. The first-order chi connectivity index (χ1) is 9.91. The average Bonchev–Trinajstić information content (AvgIpc) is 2.47. The van der Waals surface area contributed by atoms with Crippen LogP contribution in [0.3, 0.4) is 0 Å². The molecule has 0 aliphatic heterocycles. The molecule has 6 heteroatoms. The lowest BCUT2D eigenvalue weighted by molar-refractivity contribution is -0.141. The first-order valence-corrected chi connectivity index (χ1v) is 6.75. The van der Waals surface area contributed by atoms with Crippen LogP contribution < -0.4 is 10.2 Å². The number of carbonyl (C=O) groups excluding carboxylic acids is 2. The number of rotatable bonds is 7. The summed E-state index contributed by atoms with van der Waals surface area (Å²) in [5.74, 6) is -1.52. The van der Waals surface area contributed by atoms with Crippen LogP contribution in [0.15, 0.2) is 30.3 Å². The second-order valence-corrected chi connectivity index (χ2v) is 4.77. The molecule has 1 rings (SSSR count). The summed E-state index contributed by atoms with van der Waals surface area (Å²) in [6, 6.07) is 8.31. The number of nitrogens with zero attached hydrogens (tertiary/aromatic N) is 1. The third kappa shape index (κ3) is 5.64. The molecule has 0 fully saturated rings.